The lowest BCUT2D eigenvalue weighted by molar-refractivity contribution is -0.115. The number of benzene rings is 1. The van der Waals surface area contributed by atoms with Crippen LogP contribution in [0.1, 0.15) is 16.1 Å². The lowest BCUT2D eigenvalue weighted by Crippen LogP contribution is -2.13. The van der Waals surface area contributed by atoms with Gasteiger partial charge in [-0.05, 0) is 18.2 Å². The van der Waals surface area contributed by atoms with Gasteiger partial charge < -0.3 is 5.73 Å². The van der Waals surface area contributed by atoms with Gasteiger partial charge in [0.2, 0.25) is 5.91 Å². The monoisotopic (exact) mass is 375 g/mol. The van der Waals surface area contributed by atoms with Gasteiger partial charge in [0, 0.05) is 16.2 Å². The molecule has 0 aliphatic rings. The summed E-state index contributed by atoms with van der Waals surface area (Å²) in [6.07, 6.45) is 0. The van der Waals surface area contributed by atoms with Gasteiger partial charge in [-0.3, -0.25) is 14.9 Å². The molecule has 0 saturated heterocycles. The van der Waals surface area contributed by atoms with Crippen LogP contribution in [0.5, 0.6) is 0 Å². The molecule has 2 aromatic rings. The number of primary amides is 1. The fraction of sp³-hybridized carbons (Fsp3) is 0.154. The molecule has 0 aliphatic heterocycles. The Morgan fingerprint density at radius 3 is 2.82 bits per heavy atom. The predicted octanol–water partition coefficient (Wildman–Crippen LogP) is 3.42. The highest BCUT2D eigenvalue weighted by atomic mass is 35.5. The summed E-state index contributed by atoms with van der Waals surface area (Å²) in [5.74, 6) is 0.0647. The van der Waals surface area contributed by atoms with Crippen LogP contribution < -0.4 is 11.1 Å². The summed E-state index contributed by atoms with van der Waals surface area (Å²) in [7, 11) is 0. The minimum Gasteiger partial charge on any atom is -0.369 e. The van der Waals surface area contributed by atoms with Crippen LogP contribution in [0.15, 0.2) is 23.6 Å². The average Bonchev–Trinajstić information content (AvgIpc) is 2.85. The van der Waals surface area contributed by atoms with E-state index in [-0.39, 0.29) is 22.6 Å². The number of nitrogens with two attached hydrogens (primary N) is 1. The predicted molar refractivity (Wildman–Crippen MR) is 91.9 cm³/mol. The first kappa shape index (κ1) is 17.1. The zero-order valence-corrected chi connectivity index (χ0v) is 14.3. The summed E-state index contributed by atoms with van der Waals surface area (Å²) in [6, 6.07) is 4.65. The van der Waals surface area contributed by atoms with E-state index in [9.17, 15) is 9.59 Å². The third kappa shape index (κ3) is 4.88. The second-order valence-electron chi connectivity index (χ2n) is 4.18. The summed E-state index contributed by atoms with van der Waals surface area (Å²) in [4.78, 5) is 27.0. The highest BCUT2D eigenvalue weighted by Gasteiger charge is 2.13. The summed E-state index contributed by atoms with van der Waals surface area (Å²) in [6.45, 7) is 0. The summed E-state index contributed by atoms with van der Waals surface area (Å²) < 4.78 is 0. The van der Waals surface area contributed by atoms with E-state index >= 15 is 0 Å². The quantitative estimate of drug-likeness (QED) is 0.809. The molecule has 2 rings (SSSR count). The molecule has 1 aromatic heterocycles. The smallest absolute Gasteiger partial charge is 0.258 e. The van der Waals surface area contributed by atoms with Crippen LogP contribution in [0.2, 0.25) is 10.0 Å². The van der Waals surface area contributed by atoms with Crippen LogP contribution in [0, 0.1) is 0 Å². The maximum absolute atomic E-state index is 12.1. The van der Waals surface area contributed by atoms with E-state index < -0.39 is 0 Å². The molecule has 1 aromatic carbocycles. The van der Waals surface area contributed by atoms with Crippen molar-refractivity contribution < 1.29 is 9.59 Å². The minimum absolute atomic E-state index is 0.236. The number of nitrogens with one attached hydrogen (secondary N) is 1. The van der Waals surface area contributed by atoms with Gasteiger partial charge in [0.05, 0.1) is 22.0 Å². The number of rotatable bonds is 6. The SMILES string of the molecule is NC(=O)CSCc1csc(NC(=O)c2ccc(Cl)cc2Cl)n1. The fourth-order valence-electron chi connectivity index (χ4n) is 1.52. The topological polar surface area (TPSA) is 85.1 Å². The average molecular weight is 376 g/mol. The Bertz CT molecular complexity index is 706. The van der Waals surface area contributed by atoms with E-state index in [0.717, 1.165) is 5.69 Å². The van der Waals surface area contributed by atoms with Gasteiger partial charge >= 0.3 is 0 Å². The first-order chi connectivity index (χ1) is 10.5. The van der Waals surface area contributed by atoms with Crippen molar-refractivity contribution in [1.29, 1.82) is 0 Å². The van der Waals surface area contributed by atoms with Gasteiger partial charge in [-0.1, -0.05) is 23.2 Å². The first-order valence-electron chi connectivity index (χ1n) is 6.02. The molecule has 0 unspecified atom stereocenters. The Labute approximate surface area is 145 Å². The van der Waals surface area contributed by atoms with E-state index in [1.54, 1.807) is 12.1 Å². The second kappa shape index (κ2) is 7.82. The molecule has 22 heavy (non-hydrogen) atoms. The molecular formula is C13H11Cl2N3O2S2. The molecule has 0 fully saturated rings. The zero-order chi connectivity index (χ0) is 16.1. The number of aromatic nitrogens is 1. The lowest BCUT2D eigenvalue weighted by atomic mass is 10.2. The third-order valence-corrected chi connectivity index (χ3v) is 4.79. The van der Waals surface area contributed by atoms with Crippen molar-refractivity contribution in [2.45, 2.75) is 5.75 Å². The Morgan fingerprint density at radius 1 is 1.36 bits per heavy atom. The lowest BCUT2D eigenvalue weighted by Gasteiger charge is -2.04. The molecule has 0 aliphatic carbocycles. The van der Waals surface area contributed by atoms with E-state index in [1.807, 2.05) is 5.38 Å². The molecule has 0 radical (unpaired) electrons. The molecule has 0 spiro atoms. The summed E-state index contributed by atoms with van der Waals surface area (Å²) in [5, 5.41) is 5.69. The van der Waals surface area contributed by atoms with E-state index in [4.69, 9.17) is 28.9 Å². The van der Waals surface area contributed by atoms with Crippen molar-refractivity contribution in [1.82, 2.24) is 4.98 Å². The molecule has 3 N–H and O–H groups in total. The number of halogens is 2. The normalized spacial score (nSPS) is 10.5. The van der Waals surface area contributed by atoms with Crippen LogP contribution in [0.3, 0.4) is 0 Å². The number of amides is 2. The number of thiazole rings is 1. The molecule has 2 amide bonds. The van der Waals surface area contributed by atoms with Crippen LogP contribution in [-0.2, 0) is 10.5 Å². The van der Waals surface area contributed by atoms with Gasteiger partial charge in [0.25, 0.3) is 5.91 Å². The Morgan fingerprint density at radius 2 is 2.14 bits per heavy atom. The Kier molecular flexibility index (Phi) is 6.07. The van der Waals surface area contributed by atoms with Crippen LogP contribution in [-0.4, -0.2) is 22.6 Å². The van der Waals surface area contributed by atoms with Crippen LogP contribution >= 0.6 is 46.3 Å². The van der Waals surface area contributed by atoms with E-state index in [0.29, 0.717) is 21.5 Å². The van der Waals surface area contributed by atoms with Crippen molar-refractivity contribution in [3.05, 3.63) is 44.9 Å². The number of hydrogen-bond donors (Lipinski definition) is 2. The van der Waals surface area contributed by atoms with Gasteiger partial charge in [-0.25, -0.2) is 4.98 Å². The molecule has 1 heterocycles. The highest BCUT2D eigenvalue weighted by Crippen LogP contribution is 2.24. The standard InChI is InChI=1S/C13H11Cl2N3O2S2/c14-7-1-2-9(10(15)3-7)12(20)18-13-17-8(5-22-13)4-21-6-11(16)19/h1-3,5H,4,6H2,(H2,16,19)(H,17,18,20). The molecule has 0 saturated carbocycles. The minimum atomic E-state index is -0.369. The van der Waals surface area contributed by atoms with Crippen molar-refractivity contribution in [3.8, 4) is 0 Å². The largest absolute Gasteiger partial charge is 0.369 e. The maximum atomic E-state index is 12.1. The number of carbonyl (C=O) groups excluding carboxylic acids is 2. The molecule has 5 nitrogen and oxygen atoms in total. The van der Waals surface area contributed by atoms with Gasteiger partial charge in [-0.15, -0.1) is 23.1 Å². The van der Waals surface area contributed by atoms with Crippen molar-refractivity contribution in [2.75, 3.05) is 11.1 Å². The number of carbonyl (C=O) groups is 2. The Hall–Kier alpha value is -1.28. The number of anilines is 1. The van der Waals surface area contributed by atoms with Gasteiger partial charge in [0.15, 0.2) is 5.13 Å². The van der Waals surface area contributed by atoms with Gasteiger partial charge in [0.1, 0.15) is 0 Å². The van der Waals surface area contributed by atoms with Crippen molar-refractivity contribution >= 4 is 63.2 Å². The van der Waals surface area contributed by atoms with E-state index in [2.05, 4.69) is 10.3 Å². The molecular weight excluding hydrogens is 365 g/mol. The molecule has 0 bridgehead atoms. The third-order valence-electron chi connectivity index (χ3n) is 2.44. The summed E-state index contributed by atoms with van der Waals surface area (Å²) >= 11 is 14.4. The van der Waals surface area contributed by atoms with E-state index in [1.165, 1.54) is 29.2 Å². The first-order valence-corrected chi connectivity index (χ1v) is 8.81. The van der Waals surface area contributed by atoms with Crippen LogP contribution in [0.4, 0.5) is 5.13 Å². The van der Waals surface area contributed by atoms with Crippen molar-refractivity contribution in [3.63, 3.8) is 0 Å². The molecule has 9 heteroatoms. The van der Waals surface area contributed by atoms with Gasteiger partial charge in [-0.2, -0.15) is 0 Å². The zero-order valence-electron chi connectivity index (χ0n) is 11.1. The fourth-order valence-corrected chi connectivity index (χ4v) is 3.49. The molecule has 116 valence electrons. The number of nitrogens with zero attached hydrogens (tertiary/aromatic N) is 1. The number of thioether (sulfide) groups is 1. The van der Waals surface area contributed by atoms with Crippen molar-refractivity contribution in [2.24, 2.45) is 5.73 Å². The molecule has 0 atom stereocenters. The maximum Gasteiger partial charge on any atom is 0.258 e. The van der Waals surface area contributed by atoms with Crippen LogP contribution in [0.25, 0.3) is 0 Å². The highest BCUT2D eigenvalue weighted by molar-refractivity contribution is 7.99. The summed E-state index contributed by atoms with van der Waals surface area (Å²) in [5.41, 5.74) is 6.16. The number of hydrogen-bond acceptors (Lipinski definition) is 5. The Balaban J connectivity index is 1.97. The second-order valence-corrected chi connectivity index (χ2v) is 6.87.